The average Bonchev–Trinajstić information content (AvgIpc) is 3.45. The van der Waals surface area contributed by atoms with Crippen molar-refractivity contribution in [3.63, 3.8) is 0 Å². The Balaban J connectivity index is 1.30. The van der Waals surface area contributed by atoms with E-state index in [9.17, 15) is 4.79 Å². The van der Waals surface area contributed by atoms with Gasteiger partial charge in [-0.15, -0.1) is 0 Å². The summed E-state index contributed by atoms with van der Waals surface area (Å²) in [4.78, 5) is 12.6. The molecule has 1 aliphatic rings. The minimum Gasteiger partial charge on any atom is -0.490 e. The summed E-state index contributed by atoms with van der Waals surface area (Å²) in [5.41, 5.74) is 2.63. The molecular formula is C23H25N3O3. The van der Waals surface area contributed by atoms with E-state index in [2.05, 4.69) is 10.4 Å². The van der Waals surface area contributed by atoms with E-state index >= 15 is 0 Å². The lowest BCUT2D eigenvalue weighted by atomic mass is 10.1. The van der Waals surface area contributed by atoms with Gasteiger partial charge in [-0.2, -0.15) is 5.10 Å². The maximum Gasteiger partial charge on any atom is 0.255 e. The highest BCUT2D eigenvalue weighted by Gasteiger charge is 2.18. The molecule has 1 unspecified atom stereocenters. The van der Waals surface area contributed by atoms with E-state index in [0.29, 0.717) is 30.9 Å². The molecule has 0 bridgehead atoms. The molecule has 1 N–H and O–H groups in total. The summed E-state index contributed by atoms with van der Waals surface area (Å²) in [7, 11) is 0. The van der Waals surface area contributed by atoms with Gasteiger partial charge in [-0.05, 0) is 49.1 Å². The third-order valence-corrected chi connectivity index (χ3v) is 4.94. The van der Waals surface area contributed by atoms with E-state index in [1.807, 2.05) is 65.6 Å². The Labute approximate surface area is 170 Å². The molecule has 1 amide bonds. The molecule has 2 heterocycles. The van der Waals surface area contributed by atoms with Crippen LogP contribution in [-0.4, -0.2) is 41.6 Å². The standard InChI is InChI=1S/C23H25N3O3/c27-23(21-10-4-5-11-22(21)29-17-20-9-6-14-28-20)24-13-12-18-15-25-26(16-18)19-7-2-1-3-8-19/h1-5,7-8,10-11,15-16,20H,6,9,12-14,17H2,(H,24,27). The van der Waals surface area contributed by atoms with Gasteiger partial charge in [0.1, 0.15) is 12.4 Å². The Morgan fingerprint density at radius 1 is 1.17 bits per heavy atom. The molecule has 6 nitrogen and oxygen atoms in total. The van der Waals surface area contributed by atoms with Crippen LogP contribution in [0.25, 0.3) is 5.69 Å². The SMILES string of the molecule is O=C(NCCc1cnn(-c2ccccc2)c1)c1ccccc1OCC1CCCO1. The second-order valence-corrected chi connectivity index (χ2v) is 7.08. The summed E-state index contributed by atoms with van der Waals surface area (Å²) in [6.45, 7) is 1.79. The maximum absolute atomic E-state index is 12.6. The molecule has 1 aromatic heterocycles. The van der Waals surface area contributed by atoms with Crippen molar-refractivity contribution in [3.05, 3.63) is 78.1 Å². The first-order valence-electron chi connectivity index (χ1n) is 10.0. The van der Waals surface area contributed by atoms with Gasteiger partial charge in [-0.1, -0.05) is 30.3 Å². The monoisotopic (exact) mass is 391 g/mol. The first kappa shape index (κ1) is 19.2. The van der Waals surface area contributed by atoms with E-state index in [-0.39, 0.29) is 12.0 Å². The minimum atomic E-state index is -0.136. The van der Waals surface area contributed by atoms with Crippen LogP contribution in [0.1, 0.15) is 28.8 Å². The summed E-state index contributed by atoms with van der Waals surface area (Å²) in [5, 5.41) is 7.37. The van der Waals surface area contributed by atoms with Crippen LogP contribution in [0, 0.1) is 0 Å². The van der Waals surface area contributed by atoms with Crippen LogP contribution in [0.3, 0.4) is 0 Å². The molecule has 1 atom stereocenters. The highest BCUT2D eigenvalue weighted by Crippen LogP contribution is 2.20. The fourth-order valence-electron chi connectivity index (χ4n) is 3.37. The smallest absolute Gasteiger partial charge is 0.255 e. The lowest BCUT2D eigenvalue weighted by Gasteiger charge is -2.14. The molecule has 29 heavy (non-hydrogen) atoms. The fourth-order valence-corrected chi connectivity index (χ4v) is 3.37. The third-order valence-electron chi connectivity index (χ3n) is 4.94. The number of nitrogens with one attached hydrogen (secondary N) is 1. The van der Waals surface area contributed by atoms with Gasteiger partial charge in [-0.25, -0.2) is 4.68 Å². The van der Waals surface area contributed by atoms with Crippen LogP contribution in [0.15, 0.2) is 67.0 Å². The molecule has 1 saturated heterocycles. The van der Waals surface area contributed by atoms with Crippen molar-refractivity contribution >= 4 is 5.91 Å². The Hall–Kier alpha value is -3.12. The van der Waals surface area contributed by atoms with Crippen LogP contribution < -0.4 is 10.1 Å². The quantitative estimate of drug-likeness (QED) is 0.639. The second kappa shape index (κ2) is 9.39. The molecule has 1 fully saturated rings. The summed E-state index contributed by atoms with van der Waals surface area (Å²) in [6, 6.07) is 17.3. The molecule has 0 saturated carbocycles. The second-order valence-electron chi connectivity index (χ2n) is 7.08. The number of ether oxygens (including phenoxy) is 2. The molecule has 150 valence electrons. The zero-order chi connectivity index (χ0) is 19.9. The van der Waals surface area contributed by atoms with Crippen LogP contribution in [0.4, 0.5) is 0 Å². The molecular weight excluding hydrogens is 366 g/mol. The summed E-state index contributed by atoms with van der Waals surface area (Å²) >= 11 is 0. The van der Waals surface area contributed by atoms with Crippen molar-refractivity contribution in [1.29, 1.82) is 0 Å². The Morgan fingerprint density at radius 3 is 2.83 bits per heavy atom. The zero-order valence-corrected chi connectivity index (χ0v) is 16.3. The number of hydrogen-bond acceptors (Lipinski definition) is 4. The van der Waals surface area contributed by atoms with Gasteiger partial charge in [0, 0.05) is 19.3 Å². The predicted octanol–water partition coefficient (Wildman–Crippen LogP) is 3.40. The van der Waals surface area contributed by atoms with Gasteiger partial charge in [0.25, 0.3) is 5.91 Å². The van der Waals surface area contributed by atoms with E-state index in [1.54, 1.807) is 6.07 Å². The lowest BCUT2D eigenvalue weighted by molar-refractivity contribution is 0.0670. The van der Waals surface area contributed by atoms with E-state index in [1.165, 1.54) is 0 Å². The molecule has 0 spiro atoms. The van der Waals surface area contributed by atoms with Gasteiger partial charge in [0.05, 0.1) is 23.6 Å². The van der Waals surface area contributed by atoms with Gasteiger partial charge >= 0.3 is 0 Å². The number of rotatable bonds is 8. The Morgan fingerprint density at radius 2 is 2.00 bits per heavy atom. The van der Waals surface area contributed by atoms with Crippen molar-refractivity contribution in [1.82, 2.24) is 15.1 Å². The van der Waals surface area contributed by atoms with Crippen LogP contribution in [-0.2, 0) is 11.2 Å². The van der Waals surface area contributed by atoms with Gasteiger partial charge in [-0.3, -0.25) is 4.79 Å². The summed E-state index contributed by atoms with van der Waals surface area (Å²) < 4.78 is 13.3. The van der Waals surface area contributed by atoms with Crippen molar-refractivity contribution in [3.8, 4) is 11.4 Å². The first-order valence-corrected chi connectivity index (χ1v) is 10.0. The molecule has 6 heteroatoms. The van der Waals surface area contributed by atoms with E-state index < -0.39 is 0 Å². The van der Waals surface area contributed by atoms with Crippen LogP contribution in [0.5, 0.6) is 5.75 Å². The van der Waals surface area contributed by atoms with Crippen molar-refractivity contribution in [2.24, 2.45) is 0 Å². The predicted molar refractivity (Wildman–Crippen MR) is 111 cm³/mol. The number of nitrogens with zero attached hydrogens (tertiary/aromatic N) is 2. The number of benzene rings is 2. The minimum absolute atomic E-state index is 0.118. The highest BCUT2D eigenvalue weighted by atomic mass is 16.5. The van der Waals surface area contributed by atoms with Crippen molar-refractivity contribution in [2.75, 3.05) is 19.8 Å². The molecule has 0 aliphatic carbocycles. The van der Waals surface area contributed by atoms with Crippen molar-refractivity contribution in [2.45, 2.75) is 25.4 Å². The number of para-hydroxylation sites is 2. The number of hydrogen-bond donors (Lipinski definition) is 1. The Kier molecular flexibility index (Phi) is 6.22. The summed E-state index contributed by atoms with van der Waals surface area (Å²) in [5.74, 6) is 0.459. The fraction of sp³-hybridized carbons (Fsp3) is 0.304. The molecule has 2 aromatic carbocycles. The molecule has 3 aromatic rings. The lowest BCUT2D eigenvalue weighted by Crippen LogP contribution is -2.26. The first-order chi connectivity index (χ1) is 14.3. The number of carbonyl (C=O) groups is 1. The van der Waals surface area contributed by atoms with E-state index in [0.717, 1.165) is 30.7 Å². The largest absolute Gasteiger partial charge is 0.490 e. The van der Waals surface area contributed by atoms with Gasteiger partial charge < -0.3 is 14.8 Å². The molecule has 4 rings (SSSR count). The van der Waals surface area contributed by atoms with Gasteiger partial charge in [0.2, 0.25) is 0 Å². The number of amides is 1. The van der Waals surface area contributed by atoms with Gasteiger partial charge in [0.15, 0.2) is 0 Å². The summed E-state index contributed by atoms with van der Waals surface area (Å²) in [6.07, 6.45) is 6.71. The van der Waals surface area contributed by atoms with Crippen LogP contribution >= 0.6 is 0 Å². The highest BCUT2D eigenvalue weighted by molar-refractivity contribution is 5.96. The van der Waals surface area contributed by atoms with Crippen molar-refractivity contribution < 1.29 is 14.3 Å². The molecule has 1 aliphatic heterocycles. The zero-order valence-electron chi connectivity index (χ0n) is 16.3. The van der Waals surface area contributed by atoms with E-state index in [4.69, 9.17) is 9.47 Å². The Bertz CT molecular complexity index is 933. The topological polar surface area (TPSA) is 65.4 Å². The number of aromatic nitrogens is 2. The normalized spacial score (nSPS) is 15.9. The van der Waals surface area contributed by atoms with Crippen LogP contribution in [0.2, 0.25) is 0 Å². The third kappa shape index (κ3) is 5.03. The average molecular weight is 391 g/mol. The maximum atomic E-state index is 12.6. The number of carbonyl (C=O) groups excluding carboxylic acids is 1. The molecule has 0 radical (unpaired) electrons.